The van der Waals surface area contributed by atoms with Gasteiger partial charge in [-0.2, -0.15) is 18.1 Å². The van der Waals surface area contributed by atoms with Crippen LogP contribution < -0.4 is 5.32 Å². The highest BCUT2D eigenvalue weighted by Crippen LogP contribution is 2.50. The summed E-state index contributed by atoms with van der Waals surface area (Å²) < 4.78 is 53.1. The van der Waals surface area contributed by atoms with E-state index in [2.05, 4.69) is 11.8 Å². The van der Waals surface area contributed by atoms with Gasteiger partial charge < -0.3 is 24.6 Å². The number of halogens is 3. The Morgan fingerprint density at radius 3 is 1.95 bits per heavy atom. The van der Waals surface area contributed by atoms with E-state index in [4.69, 9.17) is 19.3 Å². The van der Waals surface area contributed by atoms with Gasteiger partial charge in [-0.05, 0) is 61.3 Å². The van der Waals surface area contributed by atoms with Crippen LogP contribution in [-0.4, -0.2) is 75.6 Å². The van der Waals surface area contributed by atoms with Gasteiger partial charge in [0, 0.05) is 12.8 Å². The van der Waals surface area contributed by atoms with Gasteiger partial charge in [0.05, 0.1) is 12.5 Å². The van der Waals surface area contributed by atoms with Crippen LogP contribution in [0.4, 0.5) is 22.8 Å². The number of amides is 3. The predicted molar refractivity (Wildman–Crippen MR) is 138 cm³/mol. The third-order valence-corrected chi connectivity index (χ3v) is 5.54. The second-order valence-corrected chi connectivity index (χ2v) is 11.5. The average molecular weight is 593 g/mol. The number of hydrogen-bond donors (Lipinski definition) is 2. The summed E-state index contributed by atoms with van der Waals surface area (Å²) >= 11 is 0. The van der Waals surface area contributed by atoms with Crippen molar-refractivity contribution in [1.29, 1.82) is 0 Å². The summed E-state index contributed by atoms with van der Waals surface area (Å²) in [5.74, 6) is 0.243. The van der Waals surface area contributed by atoms with E-state index < -0.39 is 64.9 Å². The van der Waals surface area contributed by atoms with Gasteiger partial charge in [0.2, 0.25) is 0 Å². The SMILES string of the molecule is CCOC(=O)[C@@]1(N(C(=O)OC(C)(C)C)C(=O)OC(C)(C)C)C[C@H]1C#CCCCCC[C@H](NC(=O)C(F)(F)F)C(=O)O. The van der Waals surface area contributed by atoms with Crippen LogP contribution in [0.5, 0.6) is 0 Å². The Bertz CT molecular complexity index is 1020. The van der Waals surface area contributed by atoms with Crippen LogP contribution in [0.15, 0.2) is 0 Å². The molecular weight excluding hydrogens is 553 g/mol. The Balaban J connectivity index is 2.95. The molecule has 0 aliphatic heterocycles. The summed E-state index contributed by atoms with van der Waals surface area (Å²) in [6.45, 7) is 11.2. The lowest BCUT2D eigenvalue weighted by molar-refractivity contribution is -0.175. The molecule has 0 bridgehead atoms. The van der Waals surface area contributed by atoms with Gasteiger partial charge in [-0.15, -0.1) is 5.92 Å². The third kappa shape index (κ3) is 11.1. The van der Waals surface area contributed by atoms with Gasteiger partial charge in [0.15, 0.2) is 5.54 Å². The van der Waals surface area contributed by atoms with Crippen LogP contribution in [0, 0.1) is 17.8 Å². The van der Waals surface area contributed by atoms with Crippen molar-refractivity contribution >= 4 is 30.0 Å². The Hall–Kier alpha value is -3.50. The highest BCUT2D eigenvalue weighted by Gasteiger charge is 2.70. The van der Waals surface area contributed by atoms with E-state index in [1.807, 2.05) is 0 Å². The number of carboxylic acid groups (broad SMARTS) is 1. The molecule has 3 atom stereocenters. The molecule has 14 heteroatoms. The van der Waals surface area contributed by atoms with Gasteiger partial charge in [0.1, 0.15) is 17.2 Å². The first-order valence-electron chi connectivity index (χ1n) is 13.2. The zero-order valence-electron chi connectivity index (χ0n) is 24.4. The van der Waals surface area contributed by atoms with Gasteiger partial charge in [-0.3, -0.25) is 4.79 Å². The van der Waals surface area contributed by atoms with Crippen LogP contribution in [0.25, 0.3) is 0 Å². The zero-order valence-corrected chi connectivity index (χ0v) is 24.4. The first-order chi connectivity index (χ1) is 18.7. The van der Waals surface area contributed by atoms with Crippen molar-refractivity contribution < 1.29 is 56.5 Å². The van der Waals surface area contributed by atoms with E-state index in [-0.39, 0.29) is 32.3 Å². The second-order valence-electron chi connectivity index (χ2n) is 11.5. The third-order valence-electron chi connectivity index (χ3n) is 5.54. The molecule has 1 rings (SSSR count). The lowest BCUT2D eigenvalue weighted by Crippen LogP contribution is -2.55. The minimum Gasteiger partial charge on any atom is -0.480 e. The summed E-state index contributed by atoms with van der Waals surface area (Å²) in [5.41, 5.74) is -3.73. The van der Waals surface area contributed by atoms with Crippen LogP contribution in [0.2, 0.25) is 0 Å². The fourth-order valence-electron chi connectivity index (χ4n) is 3.69. The molecule has 0 radical (unpaired) electrons. The topological polar surface area (TPSA) is 149 Å². The zero-order chi connectivity index (χ0) is 31.8. The number of alkyl halides is 3. The normalized spacial score (nSPS) is 19.1. The maximum absolute atomic E-state index is 13.1. The van der Waals surface area contributed by atoms with E-state index in [1.165, 1.54) is 5.32 Å². The number of carboxylic acids is 1. The average Bonchev–Trinajstić information content (AvgIpc) is 3.48. The second kappa shape index (κ2) is 13.9. The molecule has 0 saturated heterocycles. The van der Waals surface area contributed by atoms with E-state index in [0.717, 1.165) is 0 Å². The number of hydrogen-bond acceptors (Lipinski definition) is 8. The van der Waals surface area contributed by atoms with Crippen molar-refractivity contribution in [1.82, 2.24) is 10.2 Å². The fourth-order valence-corrected chi connectivity index (χ4v) is 3.69. The van der Waals surface area contributed by atoms with Crippen LogP contribution >= 0.6 is 0 Å². The molecule has 232 valence electrons. The molecule has 0 aromatic heterocycles. The molecular formula is C27H39F3N2O9. The number of unbranched alkanes of at least 4 members (excludes halogenated alkanes) is 3. The van der Waals surface area contributed by atoms with E-state index >= 15 is 0 Å². The number of nitrogens with zero attached hydrogens (tertiary/aromatic N) is 1. The lowest BCUT2D eigenvalue weighted by atomic mass is 10.1. The van der Waals surface area contributed by atoms with Crippen LogP contribution in [-0.2, 0) is 28.6 Å². The molecule has 1 aliphatic carbocycles. The molecule has 1 saturated carbocycles. The van der Waals surface area contributed by atoms with Crippen molar-refractivity contribution in [3.05, 3.63) is 0 Å². The van der Waals surface area contributed by atoms with E-state index in [0.29, 0.717) is 17.7 Å². The molecule has 0 aromatic carbocycles. The van der Waals surface area contributed by atoms with Gasteiger partial charge in [-0.1, -0.05) is 18.8 Å². The number of aliphatic carboxylic acids is 1. The van der Waals surface area contributed by atoms with Crippen LogP contribution in [0.1, 0.15) is 87.0 Å². The number of carbonyl (C=O) groups excluding carboxylic acids is 4. The quantitative estimate of drug-likeness (QED) is 0.161. The number of imide groups is 1. The summed E-state index contributed by atoms with van der Waals surface area (Å²) in [7, 11) is 0. The maximum Gasteiger partial charge on any atom is 0.471 e. The monoisotopic (exact) mass is 592 g/mol. The largest absolute Gasteiger partial charge is 0.480 e. The van der Waals surface area contributed by atoms with Crippen molar-refractivity contribution in [2.24, 2.45) is 5.92 Å². The number of nitrogens with one attached hydrogen (secondary N) is 1. The van der Waals surface area contributed by atoms with Crippen molar-refractivity contribution in [2.75, 3.05) is 6.61 Å². The molecule has 1 fully saturated rings. The molecule has 0 spiro atoms. The maximum atomic E-state index is 13.1. The lowest BCUT2D eigenvalue weighted by Gasteiger charge is -2.32. The number of carbonyl (C=O) groups is 5. The Morgan fingerprint density at radius 2 is 1.51 bits per heavy atom. The summed E-state index contributed by atoms with van der Waals surface area (Å²) in [4.78, 5) is 62.1. The minimum absolute atomic E-state index is 0.00346. The number of ether oxygens (including phenoxy) is 3. The molecule has 3 amide bonds. The van der Waals surface area contributed by atoms with Gasteiger partial charge in [0.25, 0.3) is 0 Å². The number of rotatable bonds is 10. The fraction of sp³-hybridized carbons (Fsp3) is 0.741. The first-order valence-corrected chi connectivity index (χ1v) is 13.2. The first kappa shape index (κ1) is 35.5. The Morgan fingerprint density at radius 1 is 0.976 bits per heavy atom. The molecule has 1 aliphatic rings. The minimum atomic E-state index is -5.19. The molecule has 41 heavy (non-hydrogen) atoms. The molecule has 0 unspecified atom stereocenters. The highest BCUT2D eigenvalue weighted by atomic mass is 19.4. The standard InChI is InChI=1S/C27H39F3N2O9/c1-8-39-21(36)26(32(22(37)40-24(2,3)4)23(38)41-25(5,6)7)16-17(26)14-12-10-9-11-13-15-18(19(33)34)31-20(35)27(28,29)30/h17-18H,8-11,13,15-16H2,1-7H3,(H,31,35)(H,33,34)/t17-,18+,26-/m1/s1. The predicted octanol–water partition coefficient (Wildman–Crippen LogP) is 4.57. The summed E-state index contributed by atoms with van der Waals surface area (Å²) in [6, 6.07) is -1.68. The highest BCUT2D eigenvalue weighted by molar-refractivity contribution is 5.99. The van der Waals surface area contributed by atoms with Crippen molar-refractivity contribution in [2.45, 2.75) is 116 Å². The number of esters is 1. The van der Waals surface area contributed by atoms with E-state index in [1.54, 1.807) is 48.5 Å². The summed E-state index contributed by atoms with van der Waals surface area (Å²) in [5, 5.41) is 10.5. The molecule has 11 nitrogen and oxygen atoms in total. The van der Waals surface area contributed by atoms with Crippen LogP contribution in [0.3, 0.4) is 0 Å². The smallest absolute Gasteiger partial charge is 0.471 e. The van der Waals surface area contributed by atoms with Crippen molar-refractivity contribution in [3.63, 3.8) is 0 Å². The molecule has 0 heterocycles. The van der Waals surface area contributed by atoms with Gasteiger partial charge in [-0.25, -0.2) is 19.2 Å². The summed E-state index contributed by atoms with van der Waals surface area (Å²) in [6.07, 6.45) is -6.25. The van der Waals surface area contributed by atoms with E-state index in [9.17, 15) is 37.1 Å². The van der Waals surface area contributed by atoms with Gasteiger partial charge >= 0.3 is 36.2 Å². The Labute approximate surface area is 237 Å². The molecule has 2 N–H and O–H groups in total. The molecule has 0 aromatic rings. The van der Waals surface area contributed by atoms with Crippen molar-refractivity contribution in [3.8, 4) is 11.8 Å². The Kier molecular flexibility index (Phi) is 12.1.